The van der Waals surface area contributed by atoms with Crippen LogP contribution >= 0.6 is 11.5 Å². The predicted molar refractivity (Wildman–Crippen MR) is 175 cm³/mol. The number of carbonyl (C=O) groups is 2. The Bertz CT molecular complexity index is 1930. The van der Waals surface area contributed by atoms with Crippen molar-refractivity contribution < 1.29 is 32.6 Å². The molecule has 2 atom stereocenters. The Balaban J connectivity index is 1.11. The average Bonchev–Trinajstić information content (AvgIpc) is 3.78. The van der Waals surface area contributed by atoms with Crippen LogP contribution in [0.2, 0.25) is 0 Å². The molecule has 3 aromatic heterocycles. The molecule has 6 rings (SSSR count). The normalized spacial score (nSPS) is 18.1. The standard InChI is InChI=1S/C33H38F3N7O5S/c1-32(2,3)48-31(46)40(4)22-14-19-5-6-20(13-21(19)15-22)28-26-27(39-49-28)30(45)42(18-37-26)17-33(47)8-11-41(12-9-33)25(44)16-23(29(35)36)43-10-7-24(34)38-43/h5-7,10,13,18,22-23,29,47H,8-9,11-12,14-17H2,1-4H3. The lowest BCUT2D eigenvalue weighted by Gasteiger charge is -2.38. The zero-order valence-electron chi connectivity index (χ0n) is 27.6. The second kappa shape index (κ2) is 13.2. The molecule has 2 unspecified atom stereocenters. The molecule has 4 aromatic rings. The maximum atomic E-state index is 13.6. The van der Waals surface area contributed by atoms with Crippen LogP contribution in [0.1, 0.15) is 57.2 Å². The van der Waals surface area contributed by atoms with Crippen molar-refractivity contribution in [2.24, 2.45) is 0 Å². The minimum absolute atomic E-state index is 0.0398. The molecule has 262 valence electrons. The Kier molecular flexibility index (Phi) is 9.30. The molecule has 1 aliphatic carbocycles. The predicted octanol–water partition coefficient (Wildman–Crippen LogP) is 4.44. The van der Waals surface area contributed by atoms with E-state index in [0.717, 1.165) is 50.0 Å². The molecule has 4 heterocycles. The Morgan fingerprint density at radius 2 is 1.86 bits per heavy atom. The fourth-order valence-electron chi connectivity index (χ4n) is 6.41. The smallest absolute Gasteiger partial charge is 0.410 e. The number of hydrogen-bond donors (Lipinski definition) is 1. The highest BCUT2D eigenvalue weighted by Gasteiger charge is 2.37. The first-order valence-corrected chi connectivity index (χ1v) is 16.8. The lowest BCUT2D eigenvalue weighted by molar-refractivity contribution is -0.138. The molecule has 1 aliphatic heterocycles. The van der Waals surface area contributed by atoms with Gasteiger partial charge < -0.3 is 19.6 Å². The number of fused-ring (bicyclic) bond motifs is 2. The van der Waals surface area contributed by atoms with Crippen LogP contribution in [0.15, 0.2) is 41.6 Å². The second-order valence-electron chi connectivity index (χ2n) is 13.9. The van der Waals surface area contributed by atoms with E-state index in [1.54, 1.807) is 11.9 Å². The number of alkyl halides is 2. The van der Waals surface area contributed by atoms with Crippen molar-refractivity contribution in [3.8, 4) is 10.4 Å². The number of halogens is 3. The fourth-order valence-corrected chi connectivity index (χ4v) is 7.22. The van der Waals surface area contributed by atoms with Gasteiger partial charge in [-0.2, -0.15) is 8.76 Å². The number of likely N-dealkylation sites (tertiary alicyclic amines) is 1. The Labute approximate surface area is 284 Å². The number of rotatable bonds is 8. The minimum Gasteiger partial charge on any atom is -0.444 e. The number of benzene rings is 1. The molecular weight excluding hydrogens is 663 g/mol. The van der Waals surface area contributed by atoms with Crippen LogP contribution < -0.4 is 5.56 Å². The summed E-state index contributed by atoms with van der Waals surface area (Å²) in [6, 6.07) is 5.33. The van der Waals surface area contributed by atoms with E-state index in [9.17, 15) is 32.7 Å². The fraction of sp³-hybridized carbons (Fsp3) is 0.515. The first-order valence-electron chi connectivity index (χ1n) is 16.0. The SMILES string of the molecule is CN(C(=O)OC(C)(C)C)C1Cc2ccc(-c3snc4c(=O)n(CC5(O)CCN(C(=O)CC(C(F)F)n6ccc(F)n6)CC5)cnc34)cc2C1. The summed E-state index contributed by atoms with van der Waals surface area (Å²) in [6.07, 6.45) is 0.165. The van der Waals surface area contributed by atoms with Gasteiger partial charge in [-0.25, -0.2) is 18.6 Å². The van der Waals surface area contributed by atoms with Gasteiger partial charge in [0.1, 0.15) is 17.2 Å². The maximum Gasteiger partial charge on any atom is 0.410 e. The van der Waals surface area contributed by atoms with Crippen molar-refractivity contribution >= 4 is 34.6 Å². The van der Waals surface area contributed by atoms with E-state index in [-0.39, 0.29) is 50.1 Å². The van der Waals surface area contributed by atoms with E-state index >= 15 is 0 Å². The van der Waals surface area contributed by atoms with Crippen LogP contribution in [0.3, 0.4) is 0 Å². The van der Waals surface area contributed by atoms with Gasteiger partial charge in [-0.3, -0.25) is 18.8 Å². The average molecular weight is 702 g/mol. The lowest BCUT2D eigenvalue weighted by atomic mass is 9.91. The topological polar surface area (TPSA) is 136 Å². The largest absolute Gasteiger partial charge is 0.444 e. The van der Waals surface area contributed by atoms with E-state index in [1.165, 1.54) is 15.8 Å². The molecule has 1 N–H and O–H groups in total. The van der Waals surface area contributed by atoms with Gasteiger partial charge in [-0.1, -0.05) is 12.1 Å². The highest BCUT2D eigenvalue weighted by atomic mass is 32.1. The molecular formula is C33H38F3N7O5S. The Morgan fingerprint density at radius 3 is 2.51 bits per heavy atom. The zero-order valence-corrected chi connectivity index (χ0v) is 28.4. The number of piperidine rings is 1. The summed E-state index contributed by atoms with van der Waals surface area (Å²) in [5.41, 5.74) is 1.38. The summed E-state index contributed by atoms with van der Waals surface area (Å²) >= 11 is 1.16. The van der Waals surface area contributed by atoms with Crippen molar-refractivity contribution in [3.63, 3.8) is 0 Å². The highest BCUT2D eigenvalue weighted by Crippen LogP contribution is 2.35. The monoisotopic (exact) mass is 701 g/mol. The number of nitrogens with zero attached hydrogens (tertiary/aromatic N) is 7. The molecule has 49 heavy (non-hydrogen) atoms. The molecule has 12 nitrogen and oxygen atoms in total. The first kappa shape index (κ1) is 34.5. The van der Waals surface area contributed by atoms with Crippen LogP contribution in [0.25, 0.3) is 21.5 Å². The number of carbonyl (C=O) groups excluding carboxylic acids is 2. The molecule has 0 spiro atoms. The van der Waals surface area contributed by atoms with Gasteiger partial charge in [0.15, 0.2) is 5.52 Å². The molecule has 0 radical (unpaired) electrons. The van der Waals surface area contributed by atoms with E-state index in [1.807, 2.05) is 39.0 Å². The number of likely N-dealkylation sites (N-methyl/N-ethyl adjacent to an activating group) is 1. The second-order valence-corrected chi connectivity index (χ2v) is 14.6. The summed E-state index contributed by atoms with van der Waals surface area (Å²) in [5, 5.41) is 14.7. The van der Waals surface area contributed by atoms with Gasteiger partial charge in [-0.05, 0) is 80.7 Å². The van der Waals surface area contributed by atoms with Crippen LogP contribution in [0.4, 0.5) is 18.0 Å². The van der Waals surface area contributed by atoms with Crippen LogP contribution in [-0.4, -0.2) is 94.4 Å². The van der Waals surface area contributed by atoms with E-state index in [4.69, 9.17) is 4.74 Å². The van der Waals surface area contributed by atoms with Gasteiger partial charge in [0, 0.05) is 38.4 Å². The summed E-state index contributed by atoms with van der Waals surface area (Å²) in [6.45, 7) is 5.61. The molecule has 1 aromatic carbocycles. The quantitative estimate of drug-likeness (QED) is 0.285. The third kappa shape index (κ3) is 7.34. The minimum atomic E-state index is -2.93. The lowest BCUT2D eigenvalue weighted by Crippen LogP contribution is -2.50. The summed E-state index contributed by atoms with van der Waals surface area (Å²) < 4.78 is 52.6. The molecule has 1 saturated heterocycles. The summed E-state index contributed by atoms with van der Waals surface area (Å²) in [7, 11) is 1.75. The summed E-state index contributed by atoms with van der Waals surface area (Å²) in [4.78, 5) is 47.3. The Hall–Kier alpha value is -4.31. The van der Waals surface area contributed by atoms with Crippen LogP contribution in [0.5, 0.6) is 0 Å². The molecule has 0 saturated carbocycles. The number of ether oxygens (including phenoxy) is 1. The van der Waals surface area contributed by atoms with Crippen LogP contribution in [-0.2, 0) is 28.9 Å². The molecule has 2 aliphatic rings. The Morgan fingerprint density at radius 1 is 1.14 bits per heavy atom. The third-order valence-corrected chi connectivity index (χ3v) is 10.1. The van der Waals surface area contributed by atoms with E-state index < -0.39 is 47.5 Å². The van der Waals surface area contributed by atoms with Gasteiger partial charge in [0.05, 0.1) is 29.8 Å². The van der Waals surface area contributed by atoms with Gasteiger partial charge in [0.25, 0.3) is 12.0 Å². The van der Waals surface area contributed by atoms with Gasteiger partial charge in [0.2, 0.25) is 11.9 Å². The molecule has 2 amide bonds. The number of aliphatic hydroxyl groups is 1. The first-order chi connectivity index (χ1) is 23.1. The van der Waals surface area contributed by atoms with Crippen molar-refractivity contribution in [2.75, 3.05) is 20.1 Å². The van der Waals surface area contributed by atoms with Crippen molar-refractivity contribution in [1.29, 1.82) is 0 Å². The number of hydrogen-bond acceptors (Lipinski definition) is 9. The molecule has 16 heteroatoms. The van der Waals surface area contributed by atoms with Crippen molar-refractivity contribution in [3.05, 3.63) is 64.2 Å². The van der Waals surface area contributed by atoms with E-state index in [2.05, 4.69) is 14.5 Å². The van der Waals surface area contributed by atoms with Crippen molar-refractivity contribution in [2.45, 2.75) is 89.1 Å². The van der Waals surface area contributed by atoms with Gasteiger partial charge >= 0.3 is 6.09 Å². The summed E-state index contributed by atoms with van der Waals surface area (Å²) in [5.74, 6) is -1.48. The zero-order chi connectivity index (χ0) is 35.2. The third-order valence-electron chi connectivity index (χ3n) is 9.17. The van der Waals surface area contributed by atoms with Crippen molar-refractivity contribution in [1.82, 2.24) is 33.5 Å². The number of amides is 2. The van der Waals surface area contributed by atoms with Gasteiger partial charge in [-0.15, -0.1) is 5.10 Å². The molecule has 0 bridgehead atoms. The molecule has 1 fully saturated rings. The van der Waals surface area contributed by atoms with Crippen LogP contribution in [0, 0.1) is 5.95 Å². The number of aromatic nitrogens is 5. The van der Waals surface area contributed by atoms with E-state index in [0.29, 0.717) is 18.4 Å². The maximum absolute atomic E-state index is 13.6. The highest BCUT2D eigenvalue weighted by molar-refractivity contribution is 7.11.